The standard InChI is InChI=1S/C11H11BrO2S/c1-15-9-5-7(4-8(12)6-9)11(2-3-11)10(13)14/h4-6H,2-3H2,1H3,(H,13,14). The summed E-state index contributed by atoms with van der Waals surface area (Å²) in [5.74, 6) is -0.701. The van der Waals surface area contributed by atoms with E-state index in [4.69, 9.17) is 0 Å². The van der Waals surface area contributed by atoms with Crippen molar-refractivity contribution < 1.29 is 9.90 Å². The van der Waals surface area contributed by atoms with Gasteiger partial charge in [-0.15, -0.1) is 11.8 Å². The lowest BCUT2D eigenvalue weighted by Crippen LogP contribution is -2.19. The molecule has 1 aromatic rings. The molecule has 4 heteroatoms. The summed E-state index contributed by atoms with van der Waals surface area (Å²) in [5.41, 5.74) is 0.322. The second-order valence-corrected chi connectivity index (χ2v) is 5.56. The maximum Gasteiger partial charge on any atom is 0.314 e. The highest BCUT2D eigenvalue weighted by Crippen LogP contribution is 2.49. The first-order valence-electron chi connectivity index (χ1n) is 4.67. The SMILES string of the molecule is CSc1cc(Br)cc(C2(C(=O)O)CC2)c1. The van der Waals surface area contributed by atoms with Crippen LogP contribution in [-0.4, -0.2) is 17.3 Å². The van der Waals surface area contributed by atoms with Gasteiger partial charge in [-0.05, 0) is 42.9 Å². The van der Waals surface area contributed by atoms with Crippen molar-refractivity contribution >= 4 is 33.7 Å². The molecule has 2 rings (SSSR count). The Bertz CT molecular complexity index is 413. The Kier molecular flexibility index (Phi) is 2.81. The Morgan fingerprint density at radius 3 is 2.60 bits per heavy atom. The quantitative estimate of drug-likeness (QED) is 0.867. The third kappa shape index (κ3) is 1.93. The minimum absolute atomic E-state index is 0.603. The molecule has 0 amide bonds. The average molecular weight is 287 g/mol. The molecule has 0 atom stereocenters. The molecule has 0 saturated heterocycles. The molecule has 1 aromatic carbocycles. The highest BCUT2D eigenvalue weighted by Gasteiger charge is 2.51. The Labute approximate surface area is 101 Å². The van der Waals surface area contributed by atoms with Crippen molar-refractivity contribution in [3.63, 3.8) is 0 Å². The van der Waals surface area contributed by atoms with Crippen molar-refractivity contribution in [2.75, 3.05) is 6.26 Å². The van der Waals surface area contributed by atoms with Gasteiger partial charge in [0.15, 0.2) is 0 Å². The Hall–Kier alpha value is -0.480. The van der Waals surface area contributed by atoms with Crippen LogP contribution in [0.5, 0.6) is 0 Å². The van der Waals surface area contributed by atoms with Gasteiger partial charge in [0.05, 0.1) is 5.41 Å². The number of thioether (sulfide) groups is 1. The molecule has 15 heavy (non-hydrogen) atoms. The van der Waals surface area contributed by atoms with Gasteiger partial charge in [-0.3, -0.25) is 4.79 Å². The molecule has 80 valence electrons. The van der Waals surface area contributed by atoms with Gasteiger partial charge in [-0.25, -0.2) is 0 Å². The maximum absolute atomic E-state index is 11.2. The smallest absolute Gasteiger partial charge is 0.314 e. The Balaban J connectivity index is 2.44. The van der Waals surface area contributed by atoms with Crippen LogP contribution < -0.4 is 0 Å². The number of benzene rings is 1. The second kappa shape index (κ2) is 3.83. The molecule has 0 heterocycles. The third-order valence-electron chi connectivity index (χ3n) is 2.82. The lowest BCUT2D eigenvalue weighted by atomic mass is 9.96. The molecule has 1 saturated carbocycles. The van der Waals surface area contributed by atoms with E-state index in [0.717, 1.165) is 27.8 Å². The van der Waals surface area contributed by atoms with Gasteiger partial charge >= 0.3 is 5.97 Å². The first kappa shape index (κ1) is 11.0. The van der Waals surface area contributed by atoms with E-state index in [2.05, 4.69) is 15.9 Å². The van der Waals surface area contributed by atoms with Crippen LogP contribution in [0.2, 0.25) is 0 Å². The number of rotatable bonds is 3. The van der Waals surface area contributed by atoms with E-state index in [1.165, 1.54) is 0 Å². The van der Waals surface area contributed by atoms with E-state index in [9.17, 15) is 9.90 Å². The number of carboxylic acids is 1. The zero-order chi connectivity index (χ0) is 11.1. The minimum Gasteiger partial charge on any atom is -0.481 e. The van der Waals surface area contributed by atoms with Gasteiger partial charge in [-0.2, -0.15) is 0 Å². The zero-order valence-corrected chi connectivity index (χ0v) is 10.7. The van der Waals surface area contributed by atoms with Crippen LogP contribution in [0.25, 0.3) is 0 Å². The fourth-order valence-corrected chi connectivity index (χ4v) is 2.84. The summed E-state index contributed by atoms with van der Waals surface area (Å²) in [5, 5.41) is 9.19. The summed E-state index contributed by atoms with van der Waals surface area (Å²) in [6.45, 7) is 0. The van der Waals surface area contributed by atoms with E-state index < -0.39 is 11.4 Å². The molecule has 0 spiro atoms. The fraction of sp³-hybridized carbons (Fsp3) is 0.364. The first-order valence-corrected chi connectivity index (χ1v) is 6.69. The maximum atomic E-state index is 11.2. The number of halogens is 1. The number of carboxylic acid groups (broad SMARTS) is 1. The molecule has 0 bridgehead atoms. The summed E-state index contributed by atoms with van der Waals surface area (Å²) in [6, 6.07) is 5.91. The van der Waals surface area contributed by atoms with E-state index in [1.807, 2.05) is 24.5 Å². The predicted molar refractivity (Wildman–Crippen MR) is 64.5 cm³/mol. The molecule has 1 aliphatic carbocycles. The number of hydrogen-bond donors (Lipinski definition) is 1. The largest absolute Gasteiger partial charge is 0.481 e. The molecule has 0 radical (unpaired) electrons. The summed E-state index contributed by atoms with van der Waals surface area (Å²) >= 11 is 5.05. The monoisotopic (exact) mass is 286 g/mol. The van der Waals surface area contributed by atoms with E-state index in [0.29, 0.717) is 0 Å². The highest BCUT2D eigenvalue weighted by molar-refractivity contribution is 9.10. The molecule has 1 N–H and O–H groups in total. The van der Waals surface area contributed by atoms with Gasteiger partial charge < -0.3 is 5.11 Å². The molecule has 1 aliphatic rings. The van der Waals surface area contributed by atoms with Gasteiger partial charge in [0, 0.05) is 9.37 Å². The van der Waals surface area contributed by atoms with E-state index in [1.54, 1.807) is 11.8 Å². The summed E-state index contributed by atoms with van der Waals surface area (Å²) in [4.78, 5) is 12.3. The van der Waals surface area contributed by atoms with Crippen LogP contribution in [0.4, 0.5) is 0 Å². The normalized spacial score (nSPS) is 17.5. The van der Waals surface area contributed by atoms with Crippen molar-refractivity contribution in [2.45, 2.75) is 23.2 Å². The van der Waals surface area contributed by atoms with Crippen LogP contribution in [-0.2, 0) is 10.2 Å². The minimum atomic E-state index is -0.701. The van der Waals surface area contributed by atoms with Crippen molar-refractivity contribution in [1.29, 1.82) is 0 Å². The third-order valence-corrected chi connectivity index (χ3v) is 3.98. The number of carbonyl (C=O) groups is 1. The van der Waals surface area contributed by atoms with Crippen LogP contribution in [0.1, 0.15) is 18.4 Å². The zero-order valence-electron chi connectivity index (χ0n) is 8.29. The molecular formula is C11H11BrO2S. The van der Waals surface area contributed by atoms with Crippen LogP contribution >= 0.6 is 27.7 Å². The first-order chi connectivity index (χ1) is 7.08. The van der Waals surface area contributed by atoms with Crippen molar-refractivity contribution in [1.82, 2.24) is 0 Å². The molecule has 0 aromatic heterocycles. The lowest BCUT2D eigenvalue weighted by Gasteiger charge is -2.11. The average Bonchev–Trinajstić information content (AvgIpc) is 2.97. The molecule has 1 fully saturated rings. The Morgan fingerprint density at radius 2 is 2.13 bits per heavy atom. The van der Waals surface area contributed by atoms with E-state index >= 15 is 0 Å². The van der Waals surface area contributed by atoms with Gasteiger partial charge in [0.1, 0.15) is 0 Å². The number of aliphatic carboxylic acids is 1. The van der Waals surface area contributed by atoms with E-state index in [-0.39, 0.29) is 0 Å². The molecule has 2 nitrogen and oxygen atoms in total. The number of hydrogen-bond acceptors (Lipinski definition) is 2. The Morgan fingerprint density at radius 1 is 1.47 bits per heavy atom. The molecule has 0 aliphatic heterocycles. The van der Waals surface area contributed by atoms with Gasteiger partial charge in [0.2, 0.25) is 0 Å². The summed E-state index contributed by atoms with van der Waals surface area (Å²) in [7, 11) is 0. The predicted octanol–water partition coefficient (Wildman–Crippen LogP) is 3.29. The van der Waals surface area contributed by atoms with Crippen molar-refractivity contribution in [2.24, 2.45) is 0 Å². The topological polar surface area (TPSA) is 37.3 Å². The summed E-state index contributed by atoms with van der Waals surface area (Å²) < 4.78 is 0.955. The van der Waals surface area contributed by atoms with Crippen LogP contribution in [0.15, 0.2) is 27.6 Å². The molecular weight excluding hydrogens is 276 g/mol. The van der Waals surface area contributed by atoms with Crippen LogP contribution in [0, 0.1) is 0 Å². The van der Waals surface area contributed by atoms with Gasteiger partial charge in [-0.1, -0.05) is 15.9 Å². The second-order valence-electron chi connectivity index (χ2n) is 3.77. The summed E-state index contributed by atoms with van der Waals surface area (Å²) in [6.07, 6.45) is 3.51. The lowest BCUT2D eigenvalue weighted by molar-refractivity contribution is -0.140. The molecule has 0 unspecified atom stereocenters. The highest BCUT2D eigenvalue weighted by atomic mass is 79.9. The fourth-order valence-electron chi connectivity index (χ4n) is 1.71. The van der Waals surface area contributed by atoms with Crippen molar-refractivity contribution in [3.05, 3.63) is 28.2 Å². The van der Waals surface area contributed by atoms with Gasteiger partial charge in [0.25, 0.3) is 0 Å². The van der Waals surface area contributed by atoms with Crippen molar-refractivity contribution in [3.8, 4) is 0 Å². The van der Waals surface area contributed by atoms with Crippen LogP contribution in [0.3, 0.4) is 0 Å².